The summed E-state index contributed by atoms with van der Waals surface area (Å²) >= 11 is 0. The lowest BCUT2D eigenvalue weighted by atomic mass is 9.99. The highest BCUT2D eigenvalue weighted by atomic mass is 16.5. The second-order valence-electron chi connectivity index (χ2n) is 7.62. The number of nitrogens with one attached hydrogen (secondary N) is 1. The molecule has 9 heteroatoms. The standard InChI is InChI=1S/C19H26N6O3/c1-11-9-15(26)21-19(20-11)25-7-5-24(6-8-25)18(27)16-14-10-12(2)28-13(3)17(14)23(4)22-16/h9,12-13H,5-8,10H2,1-4H3,(H,20,21,26)/t12-,13+/m1/s1. The Morgan fingerprint density at radius 3 is 2.64 bits per heavy atom. The average Bonchev–Trinajstić information content (AvgIpc) is 2.97. The molecule has 9 nitrogen and oxygen atoms in total. The topological polar surface area (TPSA) is 96.4 Å². The molecule has 1 amide bonds. The predicted octanol–water partition coefficient (Wildman–Crippen LogP) is 0.796. The van der Waals surface area contributed by atoms with Crippen molar-refractivity contribution in [3.63, 3.8) is 0 Å². The number of carbonyl (C=O) groups is 1. The van der Waals surface area contributed by atoms with Crippen LogP contribution in [0.5, 0.6) is 0 Å². The number of rotatable bonds is 2. The van der Waals surface area contributed by atoms with Gasteiger partial charge in [0.05, 0.1) is 17.9 Å². The van der Waals surface area contributed by atoms with Crippen LogP contribution in [-0.4, -0.2) is 62.8 Å². The first-order valence-electron chi connectivity index (χ1n) is 9.67. The molecule has 150 valence electrons. The quantitative estimate of drug-likeness (QED) is 0.820. The van der Waals surface area contributed by atoms with Crippen LogP contribution >= 0.6 is 0 Å². The van der Waals surface area contributed by atoms with Crippen LogP contribution in [0.1, 0.15) is 47.4 Å². The number of aromatic amines is 1. The van der Waals surface area contributed by atoms with Gasteiger partial charge >= 0.3 is 0 Å². The van der Waals surface area contributed by atoms with Gasteiger partial charge in [0.1, 0.15) is 0 Å². The maximum absolute atomic E-state index is 13.2. The molecule has 1 saturated heterocycles. The third-order valence-corrected chi connectivity index (χ3v) is 5.43. The highest BCUT2D eigenvalue weighted by Gasteiger charge is 2.34. The van der Waals surface area contributed by atoms with Crippen molar-refractivity contribution in [3.05, 3.63) is 39.1 Å². The van der Waals surface area contributed by atoms with Gasteiger partial charge in [0.2, 0.25) is 5.95 Å². The molecule has 0 spiro atoms. The SMILES string of the molecule is Cc1cc(=O)[nH]c(N2CCN(C(=O)c3nn(C)c4c3C[C@@H](C)O[C@H]4C)CC2)n1. The lowest BCUT2D eigenvalue weighted by Gasteiger charge is -2.35. The minimum atomic E-state index is -0.161. The summed E-state index contributed by atoms with van der Waals surface area (Å²) in [6.07, 6.45) is 0.696. The van der Waals surface area contributed by atoms with Crippen LogP contribution in [-0.2, 0) is 18.2 Å². The van der Waals surface area contributed by atoms with Gasteiger partial charge in [0.25, 0.3) is 11.5 Å². The molecule has 4 heterocycles. The Kier molecular flexibility index (Phi) is 4.70. The molecule has 28 heavy (non-hydrogen) atoms. The summed E-state index contributed by atoms with van der Waals surface area (Å²) in [5, 5.41) is 4.52. The van der Waals surface area contributed by atoms with Crippen LogP contribution in [0.25, 0.3) is 0 Å². The van der Waals surface area contributed by atoms with Crippen molar-refractivity contribution in [3.8, 4) is 0 Å². The summed E-state index contributed by atoms with van der Waals surface area (Å²) in [5.41, 5.74) is 3.05. The number of aryl methyl sites for hydroxylation is 2. The van der Waals surface area contributed by atoms with E-state index in [1.54, 1.807) is 11.6 Å². The molecule has 2 aliphatic rings. The van der Waals surface area contributed by atoms with E-state index in [1.807, 2.05) is 30.7 Å². The summed E-state index contributed by atoms with van der Waals surface area (Å²) in [5.74, 6) is 0.524. The number of hydrogen-bond acceptors (Lipinski definition) is 6. The molecule has 2 aliphatic heterocycles. The van der Waals surface area contributed by atoms with E-state index in [9.17, 15) is 9.59 Å². The number of hydrogen-bond donors (Lipinski definition) is 1. The zero-order valence-electron chi connectivity index (χ0n) is 16.7. The molecule has 0 saturated carbocycles. The Balaban J connectivity index is 1.51. The van der Waals surface area contributed by atoms with Gasteiger partial charge in [-0.1, -0.05) is 0 Å². The first kappa shape index (κ1) is 18.7. The van der Waals surface area contributed by atoms with E-state index in [0.29, 0.717) is 49.9 Å². The van der Waals surface area contributed by atoms with Gasteiger partial charge in [0, 0.05) is 57.0 Å². The molecule has 2 aromatic heterocycles. The van der Waals surface area contributed by atoms with Gasteiger partial charge in [-0.15, -0.1) is 0 Å². The van der Waals surface area contributed by atoms with Crippen molar-refractivity contribution in [1.82, 2.24) is 24.6 Å². The van der Waals surface area contributed by atoms with Gasteiger partial charge in [-0.3, -0.25) is 19.3 Å². The minimum Gasteiger partial charge on any atom is -0.369 e. The molecule has 2 atom stereocenters. The molecular weight excluding hydrogens is 360 g/mol. The number of carbonyl (C=O) groups excluding carboxylic acids is 1. The molecule has 1 N–H and O–H groups in total. The maximum atomic E-state index is 13.2. The van der Waals surface area contributed by atoms with Crippen LogP contribution in [0.2, 0.25) is 0 Å². The number of amides is 1. The van der Waals surface area contributed by atoms with Gasteiger partial charge < -0.3 is 14.5 Å². The number of ether oxygens (including phenoxy) is 1. The Labute approximate surface area is 163 Å². The second-order valence-corrected chi connectivity index (χ2v) is 7.62. The third kappa shape index (κ3) is 3.30. The van der Waals surface area contributed by atoms with E-state index in [1.165, 1.54) is 6.07 Å². The molecule has 4 rings (SSSR count). The number of fused-ring (bicyclic) bond motifs is 1. The highest BCUT2D eigenvalue weighted by Crippen LogP contribution is 2.32. The molecule has 0 bridgehead atoms. The Hall–Kier alpha value is -2.68. The van der Waals surface area contributed by atoms with Crippen LogP contribution in [0.15, 0.2) is 10.9 Å². The number of H-pyrrole nitrogens is 1. The van der Waals surface area contributed by atoms with Crippen molar-refractivity contribution in [1.29, 1.82) is 0 Å². The third-order valence-electron chi connectivity index (χ3n) is 5.43. The molecule has 0 radical (unpaired) electrons. The van der Waals surface area contributed by atoms with Gasteiger partial charge in [-0.2, -0.15) is 5.10 Å². The fraction of sp³-hybridized carbons (Fsp3) is 0.579. The minimum absolute atomic E-state index is 0.0384. The summed E-state index contributed by atoms with van der Waals surface area (Å²) in [7, 11) is 1.86. The summed E-state index contributed by atoms with van der Waals surface area (Å²) in [6.45, 7) is 8.17. The van der Waals surface area contributed by atoms with E-state index in [0.717, 1.165) is 11.3 Å². The van der Waals surface area contributed by atoms with Crippen LogP contribution in [0.4, 0.5) is 5.95 Å². The molecule has 1 fully saturated rings. The van der Waals surface area contributed by atoms with E-state index in [4.69, 9.17) is 4.74 Å². The monoisotopic (exact) mass is 386 g/mol. The summed E-state index contributed by atoms with van der Waals surface area (Å²) in [4.78, 5) is 35.9. The van der Waals surface area contributed by atoms with Crippen LogP contribution in [0.3, 0.4) is 0 Å². The lowest BCUT2D eigenvalue weighted by Crippen LogP contribution is -2.49. The van der Waals surface area contributed by atoms with Gasteiger partial charge in [0.15, 0.2) is 5.69 Å². The van der Waals surface area contributed by atoms with Crippen molar-refractivity contribution < 1.29 is 9.53 Å². The first-order valence-corrected chi connectivity index (χ1v) is 9.67. The average molecular weight is 386 g/mol. The van der Waals surface area contributed by atoms with Crippen LogP contribution in [0, 0.1) is 6.92 Å². The molecular formula is C19H26N6O3. The van der Waals surface area contributed by atoms with E-state index in [-0.39, 0.29) is 23.7 Å². The van der Waals surface area contributed by atoms with E-state index < -0.39 is 0 Å². The molecule has 2 aromatic rings. The fourth-order valence-electron chi connectivity index (χ4n) is 4.20. The zero-order valence-corrected chi connectivity index (χ0v) is 16.7. The Bertz CT molecular complexity index is 957. The van der Waals surface area contributed by atoms with Crippen molar-refractivity contribution in [2.75, 3.05) is 31.1 Å². The van der Waals surface area contributed by atoms with Crippen molar-refractivity contribution >= 4 is 11.9 Å². The summed E-state index contributed by atoms with van der Waals surface area (Å²) in [6, 6.07) is 1.47. The van der Waals surface area contributed by atoms with Crippen LogP contribution < -0.4 is 10.5 Å². The van der Waals surface area contributed by atoms with E-state index >= 15 is 0 Å². The highest BCUT2D eigenvalue weighted by molar-refractivity contribution is 5.94. The molecule has 0 unspecified atom stereocenters. The van der Waals surface area contributed by atoms with Gasteiger partial charge in [-0.05, 0) is 20.8 Å². The Morgan fingerprint density at radius 1 is 1.25 bits per heavy atom. The van der Waals surface area contributed by atoms with Crippen molar-refractivity contribution in [2.45, 2.75) is 39.4 Å². The molecule has 0 aromatic carbocycles. The smallest absolute Gasteiger partial charge is 0.274 e. The van der Waals surface area contributed by atoms with Gasteiger partial charge in [-0.25, -0.2) is 4.98 Å². The lowest BCUT2D eigenvalue weighted by molar-refractivity contribution is -0.00906. The Morgan fingerprint density at radius 2 is 1.96 bits per heavy atom. The number of piperazine rings is 1. The fourth-order valence-corrected chi connectivity index (χ4v) is 4.20. The first-order chi connectivity index (χ1) is 13.3. The molecule has 0 aliphatic carbocycles. The maximum Gasteiger partial charge on any atom is 0.274 e. The predicted molar refractivity (Wildman–Crippen MR) is 104 cm³/mol. The summed E-state index contributed by atoms with van der Waals surface area (Å²) < 4.78 is 7.66. The largest absolute Gasteiger partial charge is 0.369 e. The number of anilines is 1. The normalized spacial score (nSPS) is 22.3. The number of nitrogens with zero attached hydrogens (tertiary/aromatic N) is 5. The second kappa shape index (κ2) is 7.05. The van der Waals surface area contributed by atoms with E-state index in [2.05, 4.69) is 15.1 Å². The zero-order chi connectivity index (χ0) is 20.0. The van der Waals surface area contributed by atoms with Crippen molar-refractivity contribution in [2.24, 2.45) is 7.05 Å². The number of aromatic nitrogens is 4.